The fourth-order valence-corrected chi connectivity index (χ4v) is 2.56. The second-order valence-electron chi connectivity index (χ2n) is 5.90. The lowest BCUT2D eigenvalue weighted by Gasteiger charge is -2.22. The first kappa shape index (κ1) is 18.8. The van der Waals surface area contributed by atoms with E-state index in [4.69, 9.17) is 4.74 Å². The minimum atomic E-state index is -0.268. The lowest BCUT2D eigenvalue weighted by atomic mass is 10.2. The molecule has 1 heterocycles. The highest BCUT2D eigenvalue weighted by molar-refractivity contribution is 5.79. The van der Waals surface area contributed by atoms with Crippen LogP contribution in [0.2, 0.25) is 0 Å². The molecule has 0 amide bonds. The first-order valence-electron chi connectivity index (χ1n) is 8.21. The Bertz CT molecular complexity index is 724. The van der Waals surface area contributed by atoms with E-state index in [1.165, 1.54) is 17.7 Å². The number of rotatable bonds is 6. The first-order chi connectivity index (χ1) is 11.9. The van der Waals surface area contributed by atoms with Crippen LogP contribution in [0.3, 0.4) is 0 Å². The Morgan fingerprint density at radius 1 is 1.32 bits per heavy atom. The van der Waals surface area contributed by atoms with Gasteiger partial charge in [-0.1, -0.05) is 0 Å². The quantitative estimate of drug-likeness (QED) is 0.643. The van der Waals surface area contributed by atoms with Crippen molar-refractivity contribution in [3.8, 4) is 5.75 Å². The molecule has 0 saturated heterocycles. The van der Waals surface area contributed by atoms with Gasteiger partial charge in [0.1, 0.15) is 18.2 Å². The topological polar surface area (TPSA) is 54.7 Å². The minimum Gasteiger partial charge on any atom is -0.492 e. The lowest BCUT2D eigenvalue weighted by Crippen LogP contribution is -2.40. The van der Waals surface area contributed by atoms with E-state index in [0.29, 0.717) is 25.4 Å². The van der Waals surface area contributed by atoms with Crippen molar-refractivity contribution >= 4 is 5.96 Å². The molecule has 0 bridgehead atoms. The highest BCUT2D eigenvalue weighted by Gasteiger charge is 2.11. The number of nitrogens with zero attached hydrogens (tertiary/aromatic N) is 4. The van der Waals surface area contributed by atoms with Crippen LogP contribution in [0, 0.1) is 19.7 Å². The van der Waals surface area contributed by atoms with E-state index in [-0.39, 0.29) is 5.82 Å². The fraction of sp³-hybridized carbons (Fsp3) is 0.444. The highest BCUT2D eigenvalue weighted by atomic mass is 19.1. The molecule has 7 heteroatoms. The number of likely N-dealkylation sites (N-methyl/N-ethyl adjacent to an activating group) is 1. The van der Waals surface area contributed by atoms with Crippen molar-refractivity contribution in [3.63, 3.8) is 0 Å². The summed E-state index contributed by atoms with van der Waals surface area (Å²) in [5.41, 5.74) is 3.34. The molecule has 2 rings (SSSR count). The predicted molar refractivity (Wildman–Crippen MR) is 97.4 cm³/mol. The van der Waals surface area contributed by atoms with Crippen molar-refractivity contribution in [3.05, 3.63) is 47.0 Å². The van der Waals surface area contributed by atoms with Gasteiger partial charge in [0.25, 0.3) is 0 Å². The standard InChI is InChI=1S/C18H26FN5O/c1-13-17(14(2)24(5)22-13)12-21-18(20-3)23(4)10-11-25-16-8-6-15(19)7-9-16/h6-9H,10-12H2,1-5H3,(H,20,21). The summed E-state index contributed by atoms with van der Waals surface area (Å²) >= 11 is 0. The molecule has 0 aliphatic carbocycles. The molecule has 1 N–H and O–H groups in total. The van der Waals surface area contributed by atoms with Crippen LogP contribution in [-0.4, -0.2) is 47.9 Å². The van der Waals surface area contributed by atoms with Gasteiger partial charge in [-0.3, -0.25) is 9.67 Å². The van der Waals surface area contributed by atoms with Gasteiger partial charge in [0.2, 0.25) is 0 Å². The van der Waals surface area contributed by atoms with Crippen LogP contribution >= 0.6 is 0 Å². The van der Waals surface area contributed by atoms with Crippen LogP contribution < -0.4 is 10.1 Å². The minimum absolute atomic E-state index is 0.268. The summed E-state index contributed by atoms with van der Waals surface area (Å²) in [7, 11) is 5.65. The Labute approximate surface area is 148 Å². The lowest BCUT2D eigenvalue weighted by molar-refractivity contribution is 0.281. The summed E-state index contributed by atoms with van der Waals surface area (Å²) in [6, 6.07) is 6.02. The van der Waals surface area contributed by atoms with E-state index >= 15 is 0 Å². The molecular weight excluding hydrogens is 321 g/mol. The SMILES string of the molecule is CN=C(NCc1c(C)nn(C)c1C)N(C)CCOc1ccc(F)cc1. The average molecular weight is 347 g/mol. The van der Waals surface area contributed by atoms with Gasteiger partial charge >= 0.3 is 0 Å². The zero-order valence-corrected chi connectivity index (χ0v) is 15.5. The van der Waals surface area contributed by atoms with Crippen LogP contribution in [0.25, 0.3) is 0 Å². The molecule has 0 atom stereocenters. The van der Waals surface area contributed by atoms with Gasteiger partial charge in [0.15, 0.2) is 5.96 Å². The predicted octanol–water partition coefficient (Wildman–Crippen LogP) is 2.26. The van der Waals surface area contributed by atoms with Crippen LogP contribution in [0.15, 0.2) is 29.3 Å². The third-order valence-corrected chi connectivity index (χ3v) is 4.16. The number of aliphatic imine (C=N–C) groups is 1. The number of nitrogens with one attached hydrogen (secondary N) is 1. The molecule has 0 fully saturated rings. The molecule has 1 aromatic heterocycles. The Morgan fingerprint density at radius 2 is 2.00 bits per heavy atom. The monoisotopic (exact) mass is 347 g/mol. The molecule has 0 radical (unpaired) electrons. The molecule has 0 unspecified atom stereocenters. The third kappa shape index (κ3) is 4.95. The van der Waals surface area contributed by atoms with E-state index in [2.05, 4.69) is 22.3 Å². The molecule has 0 saturated carbocycles. The number of aryl methyl sites for hydroxylation is 2. The molecule has 0 spiro atoms. The molecule has 0 aliphatic rings. The van der Waals surface area contributed by atoms with E-state index in [1.807, 2.05) is 30.6 Å². The Balaban J connectivity index is 1.84. The van der Waals surface area contributed by atoms with Crippen LogP contribution in [-0.2, 0) is 13.6 Å². The third-order valence-electron chi connectivity index (χ3n) is 4.16. The van der Waals surface area contributed by atoms with Crippen LogP contribution in [0.1, 0.15) is 17.0 Å². The van der Waals surface area contributed by atoms with Gasteiger partial charge in [-0.05, 0) is 38.1 Å². The molecule has 25 heavy (non-hydrogen) atoms. The van der Waals surface area contributed by atoms with Crippen molar-refractivity contribution < 1.29 is 9.13 Å². The number of halogens is 1. The second kappa shape index (κ2) is 8.50. The molecular formula is C18H26FN5O. The zero-order chi connectivity index (χ0) is 18.4. The van der Waals surface area contributed by atoms with Gasteiger partial charge in [-0.2, -0.15) is 5.10 Å². The summed E-state index contributed by atoms with van der Waals surface area (Å²) in [5.74, 6) is 1.17. The number of hydrogen-bond donors (Lipinski definition) is 1. The molecule has 0 aliphatic heterocycles. The number of guanidine groups is 1. The van der Waals surface area contributed by atoms with Crippen molar-refractivity contribution in [2.45, 2.75) is 20.4 Å². The maximum absolute atomic E-state index is 12.9. The maximum Gasteiger partial charge on any atom is 0.193 e. The van der Waals surface area contributed by atoms with Gasteiger partial charge < -0.3 is 15.0 Å². The molecule has 6 nitrogen and oxygen atoms in total. The smallest absolute Gasteiger partial charge is 0.193 e. The van der Waals surface area contributed by atoms with Gasteiger partial charge in [0.05, 0.1) is 12.2 Å². The number of hydrogen-bond acceptors (Lipinski definition) is 3. The van der Waals surface area contributed by atoms with Crippen molar-refractivity contribution in [2.75, 3.05) is 27.2 Å². The van der Waals surface area contributed by atoms with Crippen molar-refractivity contribution in [1.29, 1.82) is 0 Å². The largest absolute Gasteiger partial charge is 0.492 e. The van der Waals surface area contributed by atoms with E-state index < -0.39 is 0 Å². The van der Waals surface area contributed by atoms with E-state index in [9.17, 15) is 4.39 Å². The number of ether oxygens (including phenoxy) is 1. The summed E-state index contributed by atoms with van der Waals surface area (Å²) < 4.78 is 20.4. The van der Waals surface area contributed by atoms with E-state index in [0.717, 1.165) is 17.3 Å². The van der Waals surface area contributed by atoms with Crippen LogP contribution in [0.5, 0.6) is 5.75 Å². The molecule has 1 aromatic carbocycles. The molecule has 2 aromatic rings. The molecule has 136 valence electrons. The number of benzene rings is 1. The first-order valence-corrected chi connectivity index (χ1v) is 8.21. The van der Waals surface area contributed by atoms with E-state index in [1.54, 1.807) is 19.2 Å². The summed E-state index contributed by atoms with van der Waals surface area (Å²) in [4.78, 5) is 6.30. The Morgan fingerprint density at radius 3 is 2.56 bits per heavy atom. The van der Waals surface area contributed by atoms with Gasteiger partial charge in [0, 0.05) is 38.9 Å². The van der Waals surface area contributed by atoms with Crippen molar-refractivity contribution in [2.24, 2.45) is 12.0 Å². The van der Waals surface area contributed by atoms with Gasteiger partial charge in [-0.15, -0.1) is 0 Å². The maximum atomic E-state index is 12.9. The summed E-state index contributed by atoms with van der Waals surface area (Å²) in [5, 5.41) is 7.78. The van der Waals surface area contributed by atoms with Crippen LogP contribution in [0.4, 0.5) is 4.39 Å². The Kier molecular flexibility index (Phi) is 6.38. The van der Waals surface area contributed by atoms with Gasteiger partial charge in [-0.25, -0.2) is 4.39 Å². The Hall–Kier alpha value is -2.57. The number of aromatic nitrogens is 2. The highest BCUT2D eigenvalue weighted by Crippen LogP contribution is 2.12. The zero-order valence-electron chi connectivity index (χ0n) is 15.5. The summed E-state index contributed by atoms with van der Waals surface area (Å²) in [6.07, 6.45) is 0. The van der Waals surface area contributed by atoms with Crippen molar-refractivity contribution in [1.82, 2.24) is 20.0 Å². The average Bonchev–Trinajstić information content (AvgIpc) is 2.83. The fourth-order valence-electron chi connectivity index (χ4n) is 2.56. The summed E-state index contributed by atoms with van der Waals surface area (Å²) in [6.45, 7) is 5.87. The normalized spacial score (nSPS) is 11.5. The second-order valence-corrected chi connectivity index (χ2v) is 5.90.